The number of tetrazole rings is 1. The van der Waals surface area contributed by atoms with E-state index in [1.165, 1.54) is 16.4 Å². The van der Waals surface area contributed by atoms with Gasteiger partial charge >= 0.3 is 0 Å². The van der Waals surface area contributed by atoms with Crippen molar-refractivity contribution < 1.29 is 9.59 Å². The number of hydrogen-bond acceptors (Lipinski definition) is 7. The van der Waals surface area contributed by atoms with Gasteiger partial charge in [-0.15, -0.1) is 5.10 Å². The molecule has 0 spiro atoms. The van der Waals surface area contributed by atoms with Crippen molar-refractivity contribution in [1.82, 2.24) is 25.5 Å². The summed E-state index contributed by atoms with van der Waals surface area (Å²) in [5, 5.41) is 15.4. The number of aromatic nitrogens is 4. The zero-order chi connectivity index (χ0) is 23.1. The van der Waals surface area contributed by atoms with Crippen LogP contribution in [0.4, 0.5) is 4.79 Å². The van der Waals surface area contributed by atoms with Gasteiger partial charge in [0.2, 0.25) is 5.16 Å². The van der Waals surface area contributed by atoms with Gasteiger partial charge in [-0.2, -0.15) is 0 Å². The van der Waals surface area contributed by atoms with Gasteiger partial charge in [-0.1, -0.05) is 72.2 Å². The number of benzene rings is 2. The van der Waals surface area contributed by atoms with E-state index in [0.717, 1.165) is 22.9 Å². The van der Waals surface area contributed by atoms with E-state index in [1.807, 2.05) is 44.2 Å². The fraction of sp³-hybridized carbons (Fsp3) is 0.286. The molecule has 0 bridgehead atoms. The van der Waals surface area contributed by atoms with Crippen LogP contribution in [0.3, 0.4) is 0 Å². The molecule has 0 radical (unpaired) electrons. The van der Waals surface area contributed by atoms with Crippen molar-refractivity contribution >= 4 is 57.7 Å². The second kappa shape index (κ2) is 11.7. The van der Waals surface area contributed by atoms with Gasteiger partial charge in [0, 0.05) is 5.75 Å². The third-order valence-corrected chi connectivity index (χ3v) is 7.24. The molecule has 0 saturated carbocycles. The maximum absolute atomic E-state index is 12.8. The Labute approximate surface area is 204 Å². The highest BCUT2D eigenvalue weighted by molar-refractivity contribution is 8.12. The van der Waals surface area contributed by atoms with Crippen LogP contribution in [-0.2, 0) is 17.1 Å². The number of nitrogens with one attached hydrogen (secondary N) is 1. The van der Waals surface area contributed by atoms with Gasteiger partial charge in [0.25, 0.3) is 5.24 Å². The number of amides is 1. The Kier molecular flexibility index (Phi) is 8.98. The maximum atomic E-state index is 12.8. The topological polar surface area (TPSA) is 89.8 Å². The van der Waals surface area contributed by atoms with E-state index in [9.17, 15) is 9.59 Å². The summed E-state index contributed by atoms with van der Waals surface area (Å²) in [6.45, 7) is 3.65. The summed E-state index contributed by atoms with van der Waals surface area (Å²) in [5.74, 6) is 0.333. The van der Waals surface area contributed by atoms with E-state index < -0.39 is 6.04 Å². The van der Waals surface area contributed by atoms with Crippen LogP contribution in [0.2, 0.25) is 10.0 Å². The first-order chi connectivity index (χ1) is 15.4. The first-order valence-electron chi connectivity index (χ1n) is 9.77. The number of thioether (sulfide) groups is 1. The van der Waals surface area contributed by atoms with Crippen LogP contribution in [-0.4, -0.2) is 37.3 Å². The zero-order valence-electron chi connectivity index (χ0n) is 17.4. The third-order valence-electron chi connectivity index (χ3n) is 4.44. The molecule has 32 heavy (non-hydrogen) atoms. The van der Waals surface area contributed by atoms with E-state index in [-0.39, 0.29) is 17.6 Å². The van der Waals surface area contributed by atoms with Crippen LogP contribution in [0.25, 0.3) is 0 Å². The monoisotopic (exact) mass is 509 g/mol. The van der Waals surface area contributed by atoms with Crippen LogP contribution in [0, 0.1) is 6.92 Å². The number of ketones is 1. The number of hydrogen-bond donors (Lipinski definition) is 1. The lowest BCUT2D eigenvalue weighted by Crippen LogP contribution is -2.40. The van der Waals surface area contributed by atoms with E-state index in [0.29, 0.717) is 32.3 Å². The summed E-state index contributed by atoms with van der Waals surface area (Å²) in [4.78, 5) is 25.8. The van der Waals surface area contributed by atoms with E-state index in [1.54, 1.807) is 12.1 Å². The Morgan fingerprint density at radius 2 is 1.84 bits per heavy atom. The molecule has 1 N–H and O–H groups in total. The van der Waals surface area contributed by atoms with Crippen LogP contribution < -0.4 is 5.32 Å². The Bertz CT molecular complexity index is 1070. The number of Topliss-reactive ketones (excluding diaryl/α,β-unsaturated/α-hetero) is 1. The van der Waals surface area contributed by atoms with Crippen LogP contribution in [0.5, 0.6) is 0 Å². The fourth-order valence-electron chi connectivity index (χ4n) is 2.82. The Hall–Kier alpha value is -2.07. The molecule has 3 aromatic rings. The summed E-state index contributed by atoms with van der Waals surface area (Å²) >= 11 is 14.9. The molecule has 1 unspecified atom stereocenters. The van der Waals surface area contributed by atoms with Crippen molar-refractivity contribution in [3.63, 3.8) is 0 Å². The minimum absolute atomic E-state index is 0.0848. The van der Waals surface area contributed by atoms with Crippen molar-refractivity contribution in [3.8, 4) is 0 Å². The molecule has 0 aliphatic rings. The molecule has 0 aliphatic carbocycles. The Morgan fingerprint density at radius 3 is 2.50 bits per heavy atom. The molecule has 11 heteroatoms. The predicted molar refractivity (Wildman–Crippen MR) is 128 cm³/mol. The summed E-state index contributed by atoms with van der Waals surface area (Å²) in [7, 11) is 0. The molecule has 7 nitrogen and oxygen atoms in total. The lowest BCUT2D eigenvalue weighted by molar-refractivity contribution is -0.121. The van der Waals surface area contributed by atoms with Crippen LogP contribution >= 0.6 is 46.7 Å². The van der Waals surface area contributed by atoms with Gasteiger partial charge < -0.3 is 5.32 Å². The van der Waals surface area contributed by atoms with Gasteiger partial charge in [0.15, 0.2) is 5.78 Å². The summed E-state index contributed by atoms with van der Waals surface area (Å²) < 4.78 is 1.38. The molecular formula is C21H21Cl2N5O2S2. The highest BCUT2D eigenvalue weighted by atomic mass is 35.5. The first-order valence-corrected chi connectivity index (χ1v) is 12.3. The highest BCUT2D eigenvalue weighted by Crippen LogP contribution is 2.38. The molecule has 1 amide bonds. The highest BCUT2D eigenvalue weighted by Gasteiger charge is 2.22. The van der Waals surface area contributed by atoms with Gasteiger partial charge in [0.1, 0.15) is 6.54 Å². The van der Waals surface area contributed by atoms with Crippen molar-refractivity contribution in [2.24, 2.45) is 0 Å². The van der Waals surface area contributed by atoms with Crippen molar-refractivity contribution in [3.05, 3.63) is 63.6 Å². The van der Waals surface area contributed by atoms with E-state index in [2.05, 4.69) is 20.8 Å². The summed E-state index contributed by atoms with van der Waals surface area (Å²) in [5.41, 5.74) is 1.97. The molecule has 1 aromatic heterocycles. The number of nitrogens with zero attached hydrogens (tertiary/aromatic N) is 4. The van der Waals surface area contributed by atoms with Gasteiger partial charge in [-0.05, 0) is 58.8 Å². The van der Waals surface area contributed by atoms with Crippen molar-refractivity contribution in [2.75, 3.05) is 0 Å². The molecule has 1 heterocycles. The third kappa shape index (κ3) is 6.71. The molecule has 0 aliphatic heterocycles. The smallest absolute Gasteiger partial charge is 0.279 e. The summed E-state index contributed by atoms with van der Waals surface area (Å²) in [6, 6.07) is 12.6. The fourth-order valence-corrected chi connectivity index (χ4v) is 5.14. The average molecular weight is 510 g/mol. The lowest BCUT2D eigenvalue weighted by Gasteiger charge is -2.16. The number of halogens is 2. The van der Waals surface area contributed by atoms with Gasteiger partial charge in [-0.25, -0.2) is 4.68 Å². The molecule has 3 rings (SSSR count). The van der Waals surface area contributed by atoms with E-state index in [4.69, 9.17) is 23.2 Å². The molecule has 1 atom stereocenters. The molecule has 2 aromatic carbocycles. The van der Waals surface area contributed by atoms with Crippen molar-refractivity contribution in [1.29, 1.82) is 0 Å². The normalized spacial score (nSPS) is 11.9. The molecule has 0 fully saturated rings. The second-order valence-corrected chi connectivity index (χ2v) is 9.65. The minimum atomic E-state index is -0.639. The number of carbonyl (C=O) groups is 2. The van der Waals surface area contributed by atoms with Gasteiger partial charge in [-0.3, -0.25) is 9.59 Å². The van der Waals surface area contributed by atoms with Crippen molar-refractivity contribution in [2.45, 2.75) is 48.7 Å². The predicted octanol–water partition coefficient (Wildman–Crippen LogP) is 5.43. The van der Waals surface area contributed by atoms with Crippen LogP contribution in [0.1, 0.15) is 24.5 Å². The number of rotatable bonds is 9. The first kappa shape index (κ1) is 24.6. The lowest BCUT2D eigenvalue weighted by atomic mass is 10.1. The molecule has 0 saturated heterocycles. The Balaban J connectivity index is 1.61. The second-order valence-electron chi connectivity index (χ2n) is 6.91. The Morgan fingerprint density at radius 1 is 1.16 bits per heavy atom. The number of aryl methyl sites for hydroxylation is 1. The standard InChI is InChI=1S/C21H21Cl2N5O2S2/c1-3-17(24-21(30)31-12-14-7-5-4-6-8-14)18(29)11-28-20(25-26-27-28)32-19-15(22)9-13(2)10-16(19)23/h4-10,17H,3,11-12H2,1-2H3,(H,24,30). The largest absolute Gasteiger partial charge is 0.337 e. The van der Waals surface area contributed by atoms with Crippen LogP contribution in [0.15, 0.2) is 52.5 Å². The van der Waals surface area contributed by atoms with Gasteiger partial charge in [0.05, 0.1) is 21.0 Å². The van der Waals surface area contributed by atoms with E-state index >= 15 is 0 Å². The molecule has 168 valence electrons. The zero-order valence-corrected chi connectivity index (χ0v) is 20.6. The maximum Gasteiger partial charge on any atom is 0.279 e. The average Bonchev–Trinajstić information content (AvgIpc) is 3.20. The SMILES string of the molecule is CCC(NC(=O)SCc1ccccc1)C(=O)Cn1nnnc1Sc1c(Cl)cc(C)cc1Cl. The number of carbonyl (C=O) groups excluding carboxylic acids is 2. The summed E-state index contributed by atoms with van der Waals surface area (Å²) in [6.07, 6.45) is 0.455. The quantitative estimate of drug-likeness (QED) is 0.411. The minimum Gasteiger partial charge on any atom is -0.337 e. The molecular weight excluding hydrogens is 489 g/mol.